The molecule has 4 rings (SSSR count). The summed E-state index contributed by atoms with van der Waals surface area (Å²) in [5.41, 5.74) is 2.03. The zero-order chi connectivity index (χ0) is 16.7. The SMILES string of the molecule is Cl.Cl.FC(F)(F)c1ccc(-c2cncc(N3CCN4CCC3C4)c2)cc1. The zero-order valence-corrected chi connectivity index (χ0v) is 15.6. The maximum atomic E-state index is 12.7. The first kappa shape index (κ1) is 20.8. The molecule has 0 spiro atoms. The van der Waals surface area contributed by atoms with E-state index in [0.717, 1.165) is 61.5 Å². The lowest BCUT2D eigenvalue weighted by atomic mass is 10.0. The number of piperazine rings is 1. The number of hydrogen-bond donors (Lipinski definition) is 0. The van der Waals surface area contributed by atoms with Crippen LogP contribution < -0.4 is 4.90 Å². The summed E-state index contributed by atoms with van der Waals surface area (Å²) in [5.74, 6) is 0. The minimum Gasteiger partial charge on any atom is -0.365 e. The molecule has 3 nitrogen and oxygen atoms in total. The van der Waals surface area contributed by atoms with Crippen LogP contribution in [-0.2, 0) is 6.18 Å². The van der Waals surface area contributed by atoms with Crippen molar-refractivity contribution in [2.45, 2.75) is 18.6 Å². The van der Waals surface area contributed by atoms with E-state index in [1.165, 1.54) is 12.1 Å². The van der Waals surface area contributed by atoms with E-state index < -0.39 is 11.7 Å². The second-order valence-electron chi connectivity index (χ2n) is 6.44. The summed E-state index contributed by atoms with van der Waals surface area (Å²) >= 11 is 0. The number of aromatic nitrogens is 1. The molecular formula is C18H20Cl2F3N3. The van der Waals surface area contributed by atoms with Crippen LogP contribution in [-0.4, -0.2) is 42.1 Å². The molecule has 0 N–H and O–H groups in total. The van der Waals surface area contributed by atoms with Gasteiger partial charge in [-0.05, 0) is 30.2 Å². The van der Waals surface area contributed by atoms with Gasteiger partial charge in [0, 0.05) is 44.0 Å². The van der Waals surface area contributed by atoms with E-state index in [9.17, 15) is 13.2 Å². The molecule has 2 bridgehead atoms. The number of halogens is 5. The fourth-order valence-corrected chi connectivity index (χ4v) is 3.64. The third-order valence-corrected chi connectivity index (χ3v) is 4.95. The predicted molar refractivity (Wildman–Crippen MR) is 101 cm³/mol. The van der Waals surface area contributed by atoms with Crippen molar-refractivity contribution in [3.05, 3.63) is 48.3 Å². The lowest BCUT2D eigenvalue weighted by Crippen LogP contribution is -2.46. The van der Waals surface area contributed by atoms with E-state index in [2.05, 4.69) is 14.8 Å². The summed E-state index contributed by atoms with van der Waals surface area (Å²) in [5, 5.41) is 0. The number of fused-ring (bicyclic) bond motifs is 2. The van der Waals surface area contributed by atoms with Crippen LogP contribution >= 0.6 is 24.8 Å². The lowest BCUT2D eigenvalue weighted by Gasteiger charge is -2.36. The Bertz CT molecular complexity index is 737. The third kappa shape index (κ3) is 4.08. The van der Waals surface area contributed by atoms with Crippen LogP contribution in [0.25, 0.3) is 11.1 Å². The molecule has 2 atom stereocenters. The summed E-state index contributed by atoms with van der Waals surface area (Å²) in [6, 6.07) is 7.82. The second kappa shape index (κ2) is 8.03. The Kier molecular flexibility index (Phi) is 6.42. The fourth-order valence-electron chi connectivity index (χ4n) is 3.64. The molecule has 2 fully saturated rings. The van der Waals surface area contributed by atoms with E-state index in [1.807, 2.05) is 12.3 Å². The number of anilines is 1. The summed E-state index contributed by atoms with van der Waals surface area (Å²) in [7, 11) is 0. The summed E-state index contributed by atoms with van der Waals surface area (Å²) < 4.78 is 38.1. The summed E-state index contributed by atoms with van der Waals surface area (Å²) in [6.45, 7) is 4.27. The van der Waals surface area contributed by atoms with Gasteiger partial charge < -0.3 is 4.90 Å². The van der Waals surface area contributed by atoms with Gasteiger partial charge in [-0.25, -0.2) is 0 Å². The predicted octanol–water partition coefficient (Wildman–Crippen LogP) is 4.51. The number of rotatable bonds is 2. The Labute approximate surface area is 163 Å². The van der Waals surface area contributed by atoms with Gasteiger partial charge in [-0.3, -0.25) is 9.88 Å². The standard InChI is InChI=1S/C18H18F3N3.2ClH/c19-18(20,21)15-3-1-13(2-4-15)14-9-17(11-22-10-14)24-8-7-23-6-5-16(24)12-23;;/h1-4,9-11,16H,5-8,12H2;2*1H. The van der Waals surface area contributed by atoms with Gasteiger partial charge in [0.15, 0.2) is 0 Å². The molecule has 2 unspecified atom stereocenters. The van der Waals surface area contributed by atoms with Crippen LogP contribution in [0.5, 0.6) is 0 Å². The van der Waals surface area contributed by atoms with Gasteiger partial charge in [0.2, 0.25) is 0 Å². The molecule has 0 saturated carbocycles. The van der Waals surface area contributed by atoms with E-state index >= 15 is 0 Å². The fraction of sp³-hybridized carbons (Fsp3) is 0.389. The molecule has 26 heavy (non-hydrogen) atoms. The molecule has 2 aromatic rings. The molecule has 2 saturated heterocycles. The van der Waals surface area contributed by atoms with Crippen LogP contribution in [0.1, 0.15) is 12.0 Å². The van der Waals surface area contributed by atoms with Crippen LogP contribution in [0, 0.1) is 0 Å². The Morgan fingerprint density at radius 3 is 2.35 bits per heavy atom. The van der Waals surface area contributed by atoms with Gasteiger partial charge in [-0.1, -0.05) is 12.1 Å². The highest BCUT2D eigenvalue weighted by Crippen LogP contribution is 2.32. The normalized spacial score (nSPS) is 21.7. The molecule has 2 aliphatic rings. The highest BCUT2D eigenvalue weighted by molar-refractivity contribution is 5.85. The minimum atomic E-state index is -4.30. The molecule has 142 valence electrons. The van der Waals surface area contributed by atoms with Crippen molar-refractivity contribution in [2.24, 2.45) is 0 Å². The van der Waals surface area contributed by atoms with Crippen LogP contribution in [0.3, 0.4) is 0 Å². The first-order valence-electron chi connectivity index (χ1n) is 8.12. The maximum absolute atomic E-state index is 12.7. The largest absolute Gasteiger partial charge is 0.416 e. The van der Waals surface area contributed by atoms with Gasteiger partial charge in [0.05, 0.1) is 17.4 Å². The van der Waals surface area contributed by atoms with Crippen LogP contribution in [0.2, 0.25) is 0 Å². The molecular weight excluding hydrogens is 386 g/mol. The average molecular weight is 406 g/mol. The molecule has 0 radical (unpaired) electrons. The average Bonchev–Trinajstić information content (AvgIpc) is 2.95. The molecule has 0 amide bonds. The van der Waals surface area contributed by atoms with Crippen LogP contribution in [0.15, 0.2) is 42.7 Å². The van der Waals surface area contributed by atoms with Crippen molar-refractivity contribution >= 4 is 30.5 Å². The maximum Gasteiger partial charge on any atom is 0.416 e. The Balaban J connectivity index is 0.00000121. The highest BCUT2D eigenvalue weighted by atomic mass is 35.5. The highest BCUT2D eigenvalue weighted by Gasteiger charge is 2.33. The van der Waals surface area contributed by atoms with Gasteiger partial charge in [-0.2, -0.15) is 13.2 Å². The first-order valence-corrected chi connectivity index (χ1v) is 8.12. The molecule has 3 heterocycles. The third-order valence-electron chi connectivity index (χ3n) is 4.95. The van der Waals surface area contributed by atoms with Crippen LogP contribution in [0.4, 0.5) is 18.9 Å². The van der Waals surface area contributed by atoms with Crippen molar-refractivity contribution in [3.63, 3.8) is 0 Å². The lowest BCUT2D eigenvalue weighted by molar-refractivity contribution is -0.137. The zero-order valence-electron chi connectivity index (χ0n) is 13.9. The molecule has 1 aromatic heterocycles. The van der Waals surface area contributed by atoms with E-state index in [1.54, 1.807) is 6.20 Å². The van der Waals surface area contributed by atoms with Crippen molar-refractivity contribution in [2.75, 3.05) is 31.1 Å². The Hall–Kier alpha value is -1.50. The molecule has 8 heteroatoms. The Morgan fingerprint density at radius 1 is 0.923 bits per heavy atom. The van der Waals surface area contributed by atoms with Gasteiger partial charge in [0.1, 0.15) is 0 Å². The first-order chi connectivity index (χ1) is 11.5. The number of hydrogen-bond acceptors (Lipinski definition) is 3. The molecule has 1 aromatic carbocycles. The topological polar surface area (TPSA) is 19.4 Å². The van der Waals surface area contributed by atoms with Gasteiger partial charge >= 0.3 is 6.18 Å². The second-order valence-corrected chi connectivity index (χ2v) is 6.44. The van der Waals surface area contributed by atoms with Crippen molar-refractivity contribution < 1.29 is 13.2 Å². The van der Waals surface area contributed by atoms with E-state index in [4.69, 9.17) is 0 Å². The number of pyridine rings is 1. The molecule has 2 aliphatic heterocycles. The minimum absolute atomic E-state index is 0. The van der Waals surface area contributed by atoms with E-state index in [-0.39, 0.29) is 24.8 Å². The summed E-state index contributed by atoms with van der Waals surface area (Å²) in [6.07, 6.45) is 0.407. The number of alkyl halides is 3. The molecule has 0 aliphatic carbocycles. The monoisotopic (exact) mass is 405 g/mol. The smallest absolute Gasteiger partial charge is 0.365 e. The van der Waals surface area contributed by atoms with E-state index in [0.29, 0.717) is 6.04 Å². The van der Waals surface area contributed by atoms with Crippen molar-refractivity contribution in [1.82, 2.24) is 9.88 Å². The van der Waals surface area contributed by atoms with Crippen molar-refractivity contribution in [3.8, 4) is 11.1 Å². The number of nitrogens with zero attached hydrogens (tertiary/aromatic N) is 3. The Morgan fingerprint density at radius 2 is 1.65 bits per heavy atom. The number of benzene rings is 1. The van der Waals surface area contributed by atoms with Gasteiger partial charge in [-0.15, -0.1) is 24.8 Å². The summed E-state index contributed by atoms with van der Waals surface area (Å²) in [4.78, 5) is 9.16. The quantitative estimate of drug-likeness (QED) is 0.732. The van der Waals surface area contributed by atoms with Gasteiger partial charge in [0.25, 0.3) is 0 Å². The van der Waals surface area contributed by atoms with Crippen molar-refractivity contribution in [1.29, 1.82) is 0 Å².